The Hall–Kier alpha value is -1.24. The zero-order chi connectivity index (χ0) is 15.5. The lowest BCUT2D eigenvalue weighted by molar-refractivity contribution is 0.633. The van der Waals surface area contributed by atoms with Gasteiger partial charge in [-0.15, -0.1) is 0 Å². The van der Waals surface area contributed by atoms with E-state index >= 15 is 0 Å². The van der Waals surface area contributed by atoms with Gasteiger partial charge >= 0.3 is 0 Å². The van der Waals surface area contributed by atoms with Crippen molar-refractivity contribution in [2.45, 2.75) is 32.4 Å². The molecule has 2 rings (SSSR count). The molecule has 0 aromatic carbocycles. The Morgan fingerprint density at radius 1 is 1.24 bits per heavy atom. The fourth-order valence-electron chi connectivity index (χ4n) is 2.44. The van der Waals surface area contributed by atoms with Crippen molar-refractivity contribution < 1.29 is 0 Å². The SMILES string of the molecule is CCN(CC)c1nc(NC)nc(N2CCSC(C)(C)C2)n1. The summed E-state index contributed by atoms with van der Waals surface area (Å²) >= 11 is 2.01. The van der Waals surface area contributed by atoms with E-state index in [1.807, 2.05) is 18.8 Å². The van der Waals surface area contributed by atoms with Gasteiger partial charge < -0.3 is 15.1 Å². The third-order valence-corrected chi connectivity index (χ3v) is 4.89. The maximum atomic E-state index is 4.69. The molecule has 1 N–H and O–H groups in total. The first-order valence-electron chi connectivity index (χ1n) is 7.56. The highest BCUT2D eigenvalue weighted by atomic mass is 32.2. The standard InChI is InChI=1S/C14H26N6S/c1-6-19(7-2)12-16-11(15-5)17-13(18-12)20-8-9-21-14(3,4)10-20/h6-10H2,1-5H3,(H,15,16,17,18). The highest BCUT2D eigenvalue weighted by molar-refractivity contribution is 8.00. The molecular formula is C14H26N6S. The first kappa shape index (κ1) is 16.1. The average molecular weight is 310 g/mol. The van der Waals surface area contributed by atoms with Crippen molar-refractivity contribution in [3.63, 3.8) is 0 Å². The fraction of sp³-hybridized carbons (Fsp3) is 0.786. The van der Waals surface area contributed by atoms with Crippen LogP contribution in [-0.4, -0.2) is 58.7 Å². The summed E-state index contributed by atoms with van der Waals surface area (Å²) in [7, 11) is 1.85. The Labute approximate surface area is 131 Å². The quantitative estimate of drug-likeness (QED) is 0.893. The number of hydrogen-bond donors (Lipinski definition) is 1. The minimum Gasteiger partial charge on any atom is -0.357 e. The van der Waals surface area contributed by atoms with E-state index in [9.17, 15) is 0 Å². The molecule has 0 bridgehead atoms. The Bertz CT molecular complexity index is 475. The number of nitrogens with one attached hydrogen (secondary N) is 1. The molecule has 0 atom stereocenters. The van der Waals surface area contributed by atoms with Gasteiger partial charge in [-0.2, -0.15) is 26.7 Å². The molecule has 1 aliphatic rings. The van der Waals surface area contributed by atoms with Crippen LogP contribution in [0.1, 0.15) is 27.7 Å². The van der Waals surface area contributed by atoms with E-state index in [1.54, 1.807) is 0 Å². The normalized spacial score (nSPS) is 17.7. The van der Waals surface area contributed by atoms with Crippen molar-refractivity contribution in [3.8, 4) is 0 Å². The minimum atomic E-state index is 0.236. The highest BCUT2D eigenvalue weighted by Crippen LogP contribution is 2.31. The zero-order valence-electron chi connectivity index (χ0n) is 13.7. The molecule has 21 heavy (non-hydrogen) atoms. The van der Waals surface area contributed by atoms with E-state index in [2.05, 4.69) is 52.8 Å². The second kappa shape index (κ2) is 6.68. The summed E-state index contributed by atoms with van der Waals surface area (Å²) in [5.74, 6) is 3.28. The van der Waals surface area contributed by atoms with Crippen molar-refractivity contribution in [1.82, 2.24) is 15.0 Å². The predicted molar refractivity (Wildman–Crippen MR) is 91.7 cm³/mol. The molecule has 1 saturated heterocycles. The van der Waals surface area contributed by atoms with Crippen LogP contribution in [0.25, 0.3) is 0 Å². The number of nitrogens with zero attached hydrogens (tertiary/aromatic N) is 5. The van der Waals surface area contributed by atoms with E-state index in [-0.39, 0.29) is 4.75 Å². The summed E-state index contributed by atoms with van der Waals surface area (Å²) in [6.45, 7) is 12.5. The van der Waals surface area contributed by atoms with Crippen molar-refractivity contribution in [2.24, 2.45) is 0 Å². The molecule has 0 amide bonds. The summed E-state index contributed by atoms with van der Waals surface area (Å²) in [6, 6.07) is 0. The fourth-order valence-corrected chi connectivity index (χ4v) is 3.55. The number of anilines is 3. The van der Waals surface area contributed by atoms with Gasteiger partial charge in [0.05, 0.1) is 0 Å². The van der Waals surface area contributed by atoms with E-state index in [1.165, 1.54) is 0 Å². The van der Waals surface area contributed by atoms with Crippen LogP contribution < -0.4 is 15.1 Å². The van der Waals surface area contributed by atoms with Crippen LogP contribution in [0.15, 0.2) is 0 Å². The molecule has 118 valence electrons. The molecule has 0 aliphatic carbocycles. The Morgan fingerprint density at radius 3 is 2.52 bits per heavy atom. The van der Waals surface area contributed by atoms with Crippen LogP contribution in [0.2, 0.25) is 0 Å². The minimum absolute atomic E-state index is 0.236. The van der Waals surface area contributed by atoms with Crippen LogP contribution in [0.3, 0.4) is 0 Å². The molecule has 0 saturated carbocycles. The monoisotopic (exact) mass is 310 g/mol. The van der Waals surface area contributed by atoms with E-state index in [0.29, 0.717) is 5.95 Å². The largest absolute Gasteiger partial charge is 0.357 e. The van der Waals surface area contributed by atoms with Crippen molar-refractivity contribution in [3.05, 3.63) is 0 Å². The van der Waals surface area contributed by atoms with Crippen LogP contribution in [0.4, 0.5) is 17.8 Å². The Morgan fingerprint density at radius 2 is 1.95 bits per heavy atom. The lowest BCUT2D eigenvalue weighted by Gasteiger charge is -2.37. The molecule has 7 heteroatoms. The molecule has 0 radical (unpaired) electrons. The Kier molecular flexibility index (Phi) is 5.13. The predicted octanol–water partition coefficient (Wildman–Crippen LogP) is 2.09. The molecule has 1 aromatic heterocycles. The van der Waals surface area contributed by atoms with Crippen molar-refractivity contribution in [2.75, 3.05) is 54.1 Å². The maximum absolute atomic E-state index is 4.69. The van der Waals surface area contributed by atoms with Crippen molar-refractivity contribution in [1.29, 1.82) is 0 Å². The van der Waals surface area contributed by atoms with Gasteiger partial charge in [-0.05, 0) is 27.7 Å². The number of hydrogen-bond acceptors (Lipinski definition) is 7. The topological polar surface area (TPSA) is 57.2 Å². The van der Waals surface area contributed by atoms with Gasteiger partial charge in [-0.3, -0.25) is 0 Å². The third-order valence-electron chi connectivity index (χ3n) is 3.59. The summed E-state index contributed by atoms with van der Waals surface area (Å²) in [4.78, 5) is 18.1. The van der Waals surface area contributed by atoms with Gasteiger partial charge in [-0.1, -0.05) is 0 Å². The summed E-state index contributed by atoms with van der Waals surface area (Å²) in [6.07, 6.45) is 0. The molecule has 1 aromatic rings. The molecule has 1 aliphatic heterocycles. The average Bonchev–Trinajstić information content (AvgIpc) is 2.47. The first-order valence-corrected chi connectivity index (χ1v) is 8.55. The van der Waals surface area contributed by atoms with E-state index < -0.39 is 0 Å². The molecule has 2 heterocycles. The highest BCUT2D eigenvalue weighted by Gasteiger charge is 2.29. The third kappa shape index (κ3) is 3.90. The maximum Gasteiger partial charge on any atom is 0.232 e. The first-order chi connectivity index (χ1) is 9.99. The van der Waals surface area contributed by atoms with Gasteiger partial charge in [0.1, 0.15) is 0 Å². The van der Waals surface area contributed by atoms with Crippen LogP contribution in [0.5, 0.6) is 0 Å². The van der Waals surface area contributed by atoms with Crippen molar-refractivity contribution >= 4 is 29.6 Å². The molecule has 0 spiro atoms. The smallest absolute Gasteiger partial charge is 0.232 e. The van der Waals surface area contributed by atoms with Gasteiger partial charge in [0.15, 0.2) is 0 Å². The van der Waals surface area contributed by atoms with E-state index in [0.717, 1.165) is 43.8 Å². The molecule has 0 unspecified atom stereocenters. The molecular weight excluding hydrogens is 284 g/mol. The summed E-state index contributed by atoms with van der Waals surface area (Å²) in [5.41, 5.74) is 0. The van der Waals surface area contributed by atoms with Gasteiger partial charge in [0.25, 0.3) is 0 Å². The Balaban J connectivity index is 2.32. The molecule has 1 fully saturated rings. The number of rotatable bonds is 5. The second-order valence-electron chi connectivity index (χ2n) is 5.71. The van der Waals surface area contributed by atoms with E-state index in [4.69, 9.17) is 4.98 Å². The van der Waals surface area contributed by atoms with Gasteiger partial charge in [0, 0.05) is 43.7 Å². The van der Waals surface area contributed by atoms with Crippen LogP contribution >= 0.6 is 11.8 Å². The molecule has 6 nitrogen and oxygen atoms in total. The lowest BCUT2D eigenvalue weighted by Crippen LogP contribution is -2.44. The van der Waals surface area contributed by atoms with Gasteiger partial charge in [-0.25, -0.2) is 0 Å². The van der Waals surface area contributed by atoms with Crippen LogP contribution in [0, 0.1) is 0 Å². The second-order valence-corrected chi connectivity index (χ2v) is 7.51. The summed E-state index contributed by atoms with van der Waals surface area (Å²) in [5, 5.41) is 3.05. The summed E-state index contributed by atoms with van der Waals surface area (Å²) < 4.78 is 0.236. The number of thioether (sulfide) groups is 1. The van der Waals surface area contributed by atoms with Gasteiger partial charge in [0.2, 0.25) is 17.8 Å². The lowest BCUT2D eigenvalue weighted by atomic mass is 10.2. The zero-order valence-corrected chi connectivity index (χ0v) is 14.5. The number of aromatic nitrogens is 3. The van der Waals surface area contributed by atoms with Crippen LogP contribution in [-0.2, 0) is 0 Å².